The van der Waals surface area contributed by atoms with Crippen molar-refractivity contribution in [1.29, 1.82) is 0 Å². The molecule has 0 amide bonds. The molecule has 3 atom stereocenters. The highest BCUT2D eigenvalue weighted by atomic mass is 16.5. The van der Waals surface area contributed by atoms with Crippen molar-refractivity contribution in [1.82, 2.24) is 0 Å². The van der Waals surface area contributed by atoms with E-state index in [2.05, 4.69) is 0 Å². The quantitative estimate of drug-likeness (QED) is 0.451. The minimum atomic E-state index is -0.789. The van der Waals surface area contributed by atoms with Crippen molar-refractivity contribution in [2.75, 3.05) is 20.3 Å². The van der Waals surface area contributed by atoms with Crippen molar-refractivity contribution in [3.8, 4) is 0 Å². The van der Waals surface area contributed by atoms with Gasteiger partial charge in [-0.3, -0.25) is 0 Å². The summed E-state index contributed by atoms with van der Waals surface area (Å²) in [5.41, 5.74) is 0. The molecule has 0 aliphatic carbocycles. The van der Waals surface area contributed by atoms with E-state index in [-0.39, 0.29) is 19.3 Å². The van der Waals surface area contributed by atoms with Crippen LogP contribution in [0.25, 0.3) is 0 Å². The van der Waals surface area contributed by atoms with Crippen LogP contribution in [0.1, 0.15) is 20.3 Å². The molecule has 88 valence electrons. The van der Waals surface area contributed by atoms with Crippen LogP contribution < -0.4 is 0 Å². The second-order valence-electron chi connectivity index (χ2n) is 2.51. The van der Waals surface area contributed by atoms with Crippen molar-refractivity contribution >= 4 is 0 Å². The highest BCUT2D eigenvalue weighted by molar-refractivity contribution is 4.76. The summed E-state index contributed by atoms with van der Waals surface area (Å²) >= 11 is 0. The summed E-state index contributed by atoms with van der Waals surface area (Å²) in [5, 5.41) is 33.5. The van der Waals surface area contributed by atoms with E-state index in [1.807, 2.05) is 13.8 Å². The molecule has 0 aromatic carbocycles. The smallest absolute Gasteiger partial charge is 0.103 e. The average molecular weight is 210 g/mol. The molecular formula is C9H22O5. The Morgan fingerprint density at radius 1 is 1.14 bits per heavy atom. The third-order valence-corrected chi connectivity index (χ3v) is 1.65. The maximum atomic E-state index is 9.04. The molecule has 1 saturated heterocycles. The molecule has 0 saturated carbocycles. The molecular weight excluding hydrogens is 188 g/mol. The molecule has 1 rings (SSSR count). The number of aliphatic hydroxyl groups is 4. The van der Waals surface area contributed by atoms with Gasteiger partial charge in [-0.05, 0) is 0 Å². The van der Waals surface area contributed by atoms with Gasteiger partial charge in [-0.1, -0.05) is 13.8 Å². The van der Waals surface area contributed by atoms with Gasteiger partial charge in [0.1, 0.15) is 6.10 Å². The van der Waals surface area contributed by atoms with Crippen molar-refractivity contribution in [2.24, 2.45) is 0 Å². The molecule has 0 aromatic heterocycles. The fourth-order valence-electron chi connectivity index (χ4n) is 0.967. The molecule has 1 aliphatic rings. The molecule has 5 nitrogen and oxygen atoms in total. The van der Waals surface area contributed by atoms with E-state index in [0.717, 1.165) is 7.11 Å². The Balaban J connectivity index is 0. The zero-order chi connectivity index (χ0) is 11.6. The zero-order valence-electron chi connectivity index (χ0n) is 9.05. The Morgan fingerprint density at radius 3 is 2.00 bits per heavy atom. The summed E-state index contributed by atoms with van der Waals surface area (Å²) < 4.78 is 4.95. The van der Waals surface area contributed by atoms with Gasteiger partial charge in [0.2, 0.25) is 0 Å². The summed E-state index contributed by atoms with van der Waals surface area (Å²) in [4.78, 5) is 0. The van der Waals surface area contributed by atoms with Crippen molar-refractivity contribution in [3.05, 3.63) is 0 Å². The summed E-state index contributed by atoms with van der Waals surface area (Å²) in [6.07, 6.45) is -1.52. The minimum Gasteiger partial charge on any atom is -0.400 e. The maximum absolute atomic E-state index is 9.04. The third-order valence-electron chi connectivity index (χ3n) is 1.65. The van der Waals surface area contributed by atoms with Gasteiger partial charge in [-0.25, -0.2) is 0 Å². The first-order valence-corrected chi connectivity index (χ1v) is 4.77. The SMILES string of the molecule is CC.CO.OCC1CC(O)C(O)CO1. The summed E-state index contributed by atoms with van der Waals surface area (Å²) in [7, 11) is 1.00. The summed E-state index contributed by atoms with van der Waals surface area (Å²) in [6.45, 7) is 4.02. The average Bonchev–Trinajstić information content (AvgIpc) is 2.28. The van der Waals surface area contributed by atoms with Gasteiger partial charge in [-0.2, -0.15) is 0 Å². The molecule has 0 aromatic rings. The van der Waals surface area contributed by atoms with Crippen LogP contribution in [0.2, 0.25) is 0 Å². The van der Waals surface area contributed by atoms with Gasteiger partial charge < -0.3 is 25.2 Å². The molecule has 14 heavy (non-hydrogen) atoms. The normalized spacial score (nSPS) is 30.6. The molecule has 4 N–H and O–H groups in total. The van der Waals surface area contributed by atoms with E-state index in [9.17, 15) is 0 Å². The van der Waals surface area contributed by atoms with Crippen LogP contribution in [0, 0.1) is 0 Å². The van der Waals surface area contributed by atoms with Gasteiger partial charge in [0.25, 0.3) is 0 Å². The van der Waals surface area contributed by atoms with Crippen molar-refractivity contribution < 1.29 is 25.2 Å². The van der Waals surface area contributed by atoms with Crippen LogP contribution in [0.3, 0.4) is 0 Å². The first-order chi connectivity index (χ1) is 6.74. The molecule has 1 aliphatic heterocycles. The molecule has 0 radical (unpaired) electrons. The van der Waals surface area contributed by atoms with Crippen LogP contribution >= 0.6 is 0 Å². The third kappa shape index (κ3) is 6.28. The van der Waals surface area contributed by atoms with Crippen LogP contribution in [0.5, 0.6) is 0 Å². The Kier molecular flexibility index (Phi) is 12.6. The van der Waals surface area contributed by atoms with Gasteiger partial charge >= 0.3 is 0 Å². The van der Waals surface area contributed by atoms with E-state index in [4.69, 9.17) is 25.2 Å². The molecule has 0 bridgehead atoms. The summed E-state index contributed by atoms with van der Waals surface area (Å²) in [6, 6.07) is 0. The Labute approximate surface area is 85.0 Å². The second-order valence-corrected chi connectivity index (χ2v) is 2.51. The van der Waals surface area contributed by atoms with Crippen LogP contribution in [-0.4, -0.2) is 59.1 Å². The monoisotopic (exact) mass is 210 g/mol. The maximum Gasteiger partial charge on any atom is 0.103 e. The lowest BCUT2D eigenvalue weighted by Crippen LogP contribution is -2.42. The molecule has 3 unspecified atom stereocenters. The van der Waals surface area contributed by atoms with Gasteiger partial charge in [0.05, 0.1) is 25.4 Å². The van der Waals surface area contributed by atoms with Gasteiger partial charge in [0.15, 0.2) is 0 Å². The minimum absolute atomic E-state index is 0.0935. The lowest BCUT2D eigenvalue weighted by Gasteiger charge is -2.29. The number of ether oxygens (including phenoxy) is 1. The van der Waals surface area contributed by atoms with Gasteiger partial charge in [-0.15, -0.1) is 0 Å². The predicted octanol–water partition coefficient (Wildman–Crippen LogP) is -0.876. The largest absolute Gasteiger partial charge is 0.400 e. The number of aliphatic hydroxyl groups excluding tert-OH is 4. The number of hydrogen-bond acceptors (Lipinski definition) is 5. The molecule has 5 heteroatoms. The predicted molar refractivity (Wildman–Crippen MR) is 52.9 cm³/mol. The molecule has 0 spiro atoms. The second kappa shape index (κ2) is 10.9. The van der Waals surface area contributed by atoms with E-state index in [0.29, 0.717) is 6.42 Å². The Hall–Kier alpha value is -0.200. The number of hydrogen-bond donors (Lipinski definition) is 4. The first kappa shape index (κ1) is 16.2. The topological polar surface area (TPSA) is 90.2 Å². The van der Waals surface area contributed by atoms with Crippen LogP contribution in [-0.2, 0) is 4.74 Å². The van der Waals surface area contributed by atoms with Crippen LogP contribution in [0.15, 0.2) is 0 Å². The number of rotatable bonds is 1. The molecule has 1 fully saturated rings. The van der Waals surface area contributed by atoms with E-state index >= 15 is 0 Å². The van der Waals surface area contributed by atoms with Crippen molar-refractivity contribution in [2.45, 2.75) is 38.6 Å². The summed E-state index contributed by atoms with van der Waals surface area (Å²) in [5.74, 6) is 0. The highest BCUT2D eigenvalue weighted by Gasteiger charge is 2.27. The fraction of sp³-hybridized carbons (Fsp3) is 1.00. The lowest BCUT2D eigenvalue weighted by atomic mass is 10.0. The van der Waals surface area contributed by atoms with Crippen LogP contribution in [0.4, 0.5) is 0 Å². The highest BCUT2D eigenvalue weighted by Crippen LogP contribution is 2.13. The van der Waals surface area contributed by atoms with Crippen molar-refractivity contribution in [3.63, 3.8) is 0 Å². The van der Waals surface area contributed by atoms with Gasteiger partial charge in [0, 0.05) is 13.5 Å². The zero-order valence-corrected chi connectivity index (χ0v) is 9.05. The Morgan fingerprint density at radius 2 is 1.64 bits per heavy atom. The standard InChI is InChI=1S/C6H12O4.C2H6.CH4O/c7-2-4-1-5(8)6(9)3-10-4;2*1-2/h4-9H,1-3H2;1-2H3;2H,1H3. The van der Waals surface area contributed by atoms with E-state index in [1.54, 1.807) is 0 Å². The lowest BCUT2D eigenvalue weighted by molar-refractivity contribution is -0.131. The fourth-order valence-corrected chi connectivity index (χ4v) is 0.967. The molecule has 1 heterocycles. The Bertz CT molecular complexity index is 109. The van der Waals surface area contributed by atoms with E-state index in [1.165, 1.54) is 0 Å². The van der Waals surface area contributed by atoms with E-state index < -0.39 is 12.2 Å². The first-order valence-electron chi connectivity index (χ1n) is 4.77.